The molecule has 224 valence electrons. The van der Waals surface area contributed by atoms with E-state index in [0.29, 0.717) is 6.42 Å². The van der Waals surface area contributed by atoms with E-state index < -0.39 is 41.3 Å². The molecular weight excluding hydrogens is 524 g/mol. The second kappa shape index (κ2) is 15.1. The molecule has 0 saturated heterocycles. The van der Waals surface area contributed by atoms with Crippen molar-refractivity contribution in [1.29, 1.82) is 0 Å². The maximum absolute atomic E-state index is 13.2. The lowest BCUT2D eigenvalue weighted by molar-refractivity contribution is -0.127. The summed E-state index contributed by atoms with van der Waals surface area (Å²) in [5.74, 6) is -0.788. The molecule has 0 aliphatic rings. The third-order valence-electron chi connectivity index (χ3n) is 6.06. The molecule has 0 fully saturated rings. The van der Waals surface area contributed by atoms with E-state index in [4.69, 9.17) is 4.74 Å². The largest absolute Gasteiger partial charge is 0.465 e. The van der Waals surface area contributed by atoms with Crippen molar-refractivity contribution in [3.63, 3.8) is 0 Å². The first-order valence-electron chi connectivity index (χ1n) is 13.8. The van der Waals surface area contributed by atoms with Gasteiger partial charge < -0.3 is 25.8 Å². The number of carbonyl (C=O) groups is 4. The van der Waals surface area contributed by atoms with Gasteiger partial charge in [-0.1, -0.05) is 60.7 Å². The molecule has 2 aromatic rings. The third-order valence-corrected chi connectivity index (χ3v) is 6.06. The number of alkyl carbamates (subject to hydrolysis) is 1. The van der Waals surface area contributed by atoms with E-state index in [-0.39, 0.29) is 31.8 Å². The summed E-state index contributed by atoms with van der Waals surface area (Å²) in [7, 11) is 0. The lowest BCUT2D eigenvalue weighted by Gasteiger charge is -2.39. The van der Waals surface area contributed by atoms with Gasteiger partial charge in [-0.2, -0.15) is 0 Å². The number of amides is 4. The molecule has 0 saturated carbocycles. The molecule has 10 heteroatoms. The fourth-order valence-electron chi connectivity index (χ4n) is 4.29. The standard InChI is InChI=1S/C31H44N4O6/c1-30(2,3)35(29(39)40)25(21-23-16-11-8-12-17-23)27(37)33-19-13-18-32-26(36)24(20-22-14-9-7-10-15-22)34-28(38)41-31(4,5)6/h7-12,14-17,24-25H,13,18-21H2,1-6H3,(H,32,36)(H,33,37)(H,34,38)(H,39,40)/t24-,25-/m0/s1. The van der Waals surface area contributed by atoms with Crippen LogP contribution in [-0.4, -0.2) is 70.3 Å². The van der Waals surface area contributed by atoms with E-state index in [2.05, 4.69) is 16.0 Å². The predicted molar refractivity (Wildman–Crippen MR) is 157 cm³/mol. The van der Waals surface area contributed by atoms with Gasteiger partial charge in [0.1, 0.15) is 17.7 Å². The topological polar surface area (TPSA) is 137 Å². The van der Waals surface area contributed by atoms with Crippen molar-refractivity contribution in [2.75, 3.05) is 13.1 Å². The second-order valence-electron chi connectivity index (χ2n) is 11.9. The molecule has 10 nitrogen and oxygen atoms in total. The molecule has 4 N–H and O–H groups in total. The van der Waals surface area contributed by atoms with Crippen LogP contribution in [-0.2, 0) is 27.2 Å². The number of nitrogens with one attached hydrogen (secondary N) is 3. The maximum atomic E-state index is 13.2. The Morgan fingerprint density at radius 3 is 1.73 bits per heavy atom. The first kappa shape index (κ1) is 33.1. The highest BCUT2D eigenvalue weighted by molar-refractivity contribution is 5.86. The molecule has 0 bridgehead atoms. The van der Waals surface area contributed by atoms with Crippen LogP contribution in [0.4, 0.5) is 9.59 Å². The highest BCUT2D eigenvalue weighted by atomic mass is 16.6. The molecule has 0 spiro atoms. The van der Waals surface area contributed by atoms with Crippen molar-refractivity contribution in [3.8, 4) is 0 Å². The van der Waals surface area contributed by atoms with E-state index in [9.17, 15) is 24.3 Å². The van der Waals surface area contributed by atoms with Gasteiger partial charge in [-0.3, -0.25) is 14.5 Å². The van der Waals surface area contributed by atoms with Crippen LogP contribution in [0.5, 0.6) is 0 Å². The molecule has 2 atom stereocenters. The minimum absolute atomic E-state index is 0.227. The van der Waals surface area contributed by atoms with Crippen LogP contribution in [0.2, 0.25) is 0 Å². The summed E-state index contributed by atoms with van der Waals surface area (Å²) in [6.45, 7) is 11.0. The smallest absolute Gasteiger partial charge is 0.408 e. The summed E-state index contributed by atoms with van der Waals surface area (Å²) in [6, 6.07) is 16.8. The summed E-state index contributed by atoms with van der Waals surface area (Å²) in [4.78, 5) is 51.9. The zero-order chi connectivity index (χ0) is 30.6. The summed E-state index contributed by atoms with van der Waals surface area (Å²) in [5, 5.41) is 18.2. The molecule has 0 unspecified atom stereocenters. The monoisotopic (exact) mass is 568 g/mol. The molecule has 2 aromatic carbocycles. The normalized spacial score (nSPS) is 12.9. The van der Waals surface area contributed by atoms with Crippen molar-refractivity contribution in [1.82, 2.24) is 20.9 Å². The van der Waals surface area contributed by atoms with Crippen LogP contribution in [0.25, 0.3) is 0 Å². The summed E-state index contributed by atoms with van der Waals surface area (Å²) < 4.78 is 5.33. The van der Waals surface area contributed by atoms with E-state index in [1.807, 2.05) is 60.7 Å². The van der Waals surface area contributed by atoms with Gasteiger partial charge in [0.25, 0.3) is 0 Å². The first-order valence-corrected chi connectivity index (χ1v) is 13.8. The maximum Gasteiger partial charge on any atom is 0.408 e. The Morgan fingerprint density at radius 2 is 1.27 bits per heavy atom. The second-order valence-corrected chi connectivity index (χ2v) is 11.9. The Morgan fingerprint density at radius 1 is 0.780 bits per heavy atom. The van der Waals surface area contributed by atoms with Gasteiger partial charge in [0.15, 0.2) is 0 Å². The Bertz CT molecular complexity index is 1140. The van der Waals surface area contributed by atoms with Crippen LogP contribution >= 0.6 is 0 Å². The SMILES string of the molecule is CC(C)(C)OC(=O)N[C@@H](Cc1ccccc1)C(=O)NCCCNC(=O)[C@H](Cc1ccccc1)N(C(=O)O)C(C)(C)C. The average molecular weight is 569 g/mol. The first-order chi connectivity index (χ1) is 19.2. The Balaban J connectivity index is 1.98. The Labute approximate surface area is 242 Å². The van der Waals surface area contributed by atoms with E-state index in [1.54, 1.807) is 41.5 Å². The number of carboxylic acid groups (broad SMARTS) is 1. The number of ether oxygens (including phenoxy) is 1. The van der Waals surface area contributed by atoms with Crippen LogP contribution < -0.4 is 16.0 Å². The molecule has 0 heterocycles. The zero-order valence-corrected chi connectivity index (χ0v) is 24.9. The molecule has 4 amide bonds. The van der Waals surface area contributed by atoms with Crippen molar-refractivity contribution in [3.05, 3.63) is 71.8 Å². The van der Waals surface area contributed by atoms with Gasteiger partial charge in [0.05, 0.1) is 0 Å². The lowest BCUT2D eigenvalue weighted by Crippen LogP contribution is -2.57. The van der Waals surface area contributed by atoms with Crippen LogP contribution in [0.1, 0.15) is 59.1 Å². The number of carbonyl (C=O) groups excluding carboxylic acids is 3. The Kier molecular flexibility index (Phi) is 12.2. The van der Waals surface area contributed by atoms with E-state index >= 15 is 0 Å². The van der Waals surface area contributed by atoms with Crippen molar-refractivity contribution in [2.24, 2.45) is 0 Å². The van der Waals surface area contributed by atoms with Gasteiger partial charge >= 0.3 is 12.2 Å². The molecule has 0 radical (unpaired) electrons. The minimum atomic E-state index is -1.18. The molecule has 0 aromatic heterocycles. The van der Waals surface area contributed by atoms with Crippen LogP contribution in [0, 0.1) is 0 Å². The van der Waals surface area contributed by atoms with Crippen molar-refractivity contribution < 1.29 is 29.0 Å². The number of nitrogens with zero attached hydrogens (tertiary/aromatic N) is 1. The Hall–Kier alpha value is -4.08. The fraction of sp³-hybridized carbons (Fsp3) is 0.484. The quantitative estimate of drug-likeness (QED) is 0.284. The van der Waals surface area contributed by atoms with Crippen molar-refractivity contribution >= 4 is 24.0 Å². The average Bonchev–Trinajstić information content (AvgIpc) is 2.86. The molecule has 0 aliphatic heterocycles. The zero-order valence-electron chi connectivity index (χ0n) is 24.9. The van der Waals surface area contributed by atoms with Crippen LogP contribution in [0.3, 0.4) is 0 Å². The number of hydrogen-bond acceptors (Lipinski definition) is 5. The highest BCUT2D eigenvalue weighted by Crippen LogP contribution is 2.21. The van der Waals surface area contributed by atoms with E-state index in [0.717, 1.165) is 11.1 Å². The van der Waals surface area contributed by atoms with Crippen LogP contribution in [0.15, 0.2) is 60.7 Å². The lowest BCUT2D eigenvalue weighted by atomic mass is 9.98. The number of benzene rings is 2. The third kappa shape index (κ3) is 11.9. The molecule has 41 heavy (non-hydrogen) atoms. The predicted octanol–water partition coefficient (Wildman–Crippen LogP) is 4.13. The van der Waals surface area contributed by atoms with E-state index in [1.165, 1.54) is 4.90 Å². The van der Waals surface area contributed by atoms with Crippen molar-refractivity contribution in [2.45, 2.75) is 84.0 Å². The number of rotatable bonds is 12. The van der Waals surface area contributed by atoms with Gasteiger partial charge in [0.2, 0.25) is 11.8 Å². The summed E-state index contributed by atoms with van der Waals surface area (Å²) >= 11 is 0. The minimum Gasteiger partial charge on any atom is -0.465 e. The molecule has 2 rings (SSSR count). The molecular formula is C31H44N4O6. The van der Waals surface area contributed by atoms with Gasteiger partial charge in [-0.05, 0) is 59.1 Å². The number of hydrogen-bond donors (Lipinski definition) is 4. The summed E-state index contributed by atoms with van der Waals surface area (Å²) in [5.41, 5.74) is 0.211. The van der Waals surface area contributed by atoms with Gasteiger partial charge in [-0.25, -0.2) is 9.59 Å². The summed E-state index contributed by atoms with van der Waals surface area (Å²) in [6.07, 6.45) is -0.954. The molecule has 0 aliphatic carbocycles. The van der Waals surface area contributed by atoms with Gasteiger partial charge in [0, 0.05) is 31.5 Å². The van der Waals surface area contributed by atoms with Gasteiger partial charge in [-0.15, -0.1) is 0 Å². The highest BCUT2D eigenvalue weighted by Gasteiger charge is 2.37. The fourth-order valence-corrected chi connectivity index (χ4v) is 4.29.